The molecule has 0 bridgehead atoms. The van der Waals surface area contributed by atoms with E-state index in [4.69, 9.17) is 0 Å². The van der Waals surface area contributed by atoms with Gasteiger partial charge in [0.05, 0.1) is 17.5 Å². The zero-order valence-corrected chi connectivity index (χ0v) is 12.5. The fraction of sp³-hybridized carbons (Fsp3) is 0.176. The average molecular weight is 313 g/mol. The number of fused-ring (bicyclic) bond motifs is 1. The third-order valence-corrected chi connectivity index (χ3v) is 3.46. The second kappa shape index (κ2) is 6.18. The van der Waals surface area contributed by atoms with Crippen molar-refractivity contribution in [3.63, 3.8) is 0 Å². The van der Waals surface area contributed by atoms with Crippen molar-refractivity contribution in [2.75, 3.05) is 5.32 Å². The highest BCUT2D eigenvalue weighted by Crippen LogP contribution is 2.20. The molecular weight excluding hydrogens is 297 g/mol. The monoisotopic (exact) mass is 313 g/mol. The van der Waals surface area contributed by atoms with Crippen molar-refractivity contribution in [2.24, 2.45) is 0 Å². The summed E-state index contributed by atoms with van der Waals surface area (Å²) in [5, 5.41) is 12.3. The summed E-state index contributed by atoms with van der Waals surface area (Å²) in [5.74, 6) is -0.0335. The largest absolute Gasteiger partial charge is 0.385 e. The van der Waals surface area contributed by atoms with Crippen molar-refractivity contribution in [3.8, 4) is 0 Å². The Morgan fingerprint density at radius 1 is 1.30 bits per heavy atom. The summed E-state index contributed by atoms with van der Waals surface area (Å²) in [5.41, 5.74) is 2.83. The predicted octanol–water partition coefficient (Wildman–Crippen LogP) is 2.94. The van der Waals surface area contributed by atoms with E-state index in [0.29, 0.717) is 11.5 Å². The zero-order valence-electron chi connectivity index (χ0n) is 12.5. The number of anilines is 1. The molecule has 1 amide bonds. The first-order chi connectivity index (χ1) is 11.0. The Kier molecular flexibility index (Phi) is 4.08. The molecule has 0 aliphatic rings. The van der Waals surface area contributed by atoms with Gasteiger partial charge < -0.3 is 15.4 Å². The quantitative estimate of drug-likeness (QED) is 0.693. The fourth-order valence-corrected chi connectivity index (χ4v) is 2.30. The van der Waals surface area contributed by atoms with E-state index >= 15 is 0 Å². The molecule has 3 rings (SSSR count). The molecule has 0 radical (unpaired) electrons. The van der Waals surface area contributed by atoms with Crippen LogP contribution in [0.1, 0.15) is 24.4 Å². The molecule has 2 aromatic carbocycles. The molecule has 23 heavy (non-hydrogen) atoms. The number of carbonyl (C=O) groups is 1. The van der Waals surface area contributed by atoms with Crippen LogP contribution in [0.5, 0.6) is 0 Å². The molecular formula is C17H16FN3O2. The third-order valence-electron chi connectivity index (χ3n) is 3.46. The summed E-state index contributed by atoms with van der Waals surface area (Å²) in [4.78, 5) is 19.3. The lowest BCUT2D eigenvalue weighted by Crippen LogP contribution is -2.14. The van der Waals surface area contributed by atoms with Crippen LogP contribution in [0.25, 0.3) is 11.0 Å². The van der Waals surface area contributed by atoms with Gasteiger partial charge in [0, 0.05) is 5.69 Å². The van der Waals surface area contributed by atoms with Crippen LogP contribution in [0.3, 0.4) is 0 Å². The number of aliphatic hydroxyl groups is 1. The van der Waals surface area contributed by atoms with Crippen molar-refractivity contribution in [1.29, 1.82) is 0 Å². The first kappa shape index (κ1) is 15.2. The van der Waals surface area contributed by atoms with E-state index in [1.54, 1.807) is 37.3 Å². The van der Waals surface area contributed by atoms with E-state index in [0.717, 1.165) is 16.6 Å². The second-order valence-electron chi connectivity index (χ2n) is 5.38. The number of aromatic amines is 1. The van der Waals surface area contributed by atoms with Crippen molar-refractivity contribution in [2.45, 2.75) is 19.4 Å². The van der Waals surface area contributed by atoms with Crippen LogP contribution >= 0.6 is 0 Å². The number of nitrogens with one attached hydrogen (secondary N) is 2. The topological polar surface area (TPSA) is 78.0 Å². The molecule has 0 saturated heterocycles. The number of H-pyrrole nitrogens is 1. The molecule has 0 aliphatic carbocycles. The Hall–Kier alpha value is -2.73. The van der Waals surface area contributed by atoms with Crippen molar-refractivity contribution in [3.05, 3.63) is 59.7 Å². The van der Waals surface area contributed by atoms with Gasteiger partial charge in [-0.1, -0.05) is 12.1 Å². The van der Waals surface area contributed by atoms with Crippen LogP contribution < -0.4 is 5.32 Å². The summed E-state index contributed by atoms with van der Waals surface area (Å²) < 4.78 is 12.9. The molecule has 3 aromatic rings. The highest BCUT2D eigenvalue weighted by Gasteiger charge is 2.09. The number of aliphatic hydroxyl groups excluding tert-OH is 1. The molecule has 0 fully saturated rings. The Morgan fingerprint density at radius 3 is 2.74 bits per heavy atom. The van der Waals surface area contributed by atoms with Gasteiger partial charge in [0.2, 0.25) is 5.91 Å². The minimum atomic E-state index is -0.682. The first-order valence-electron chi connectivity index (χ1n) is 7.23. The normalized spacial score (nSPS) is 12.3. The molecule has 3 N–H and O–H groups in total. The summed E-state index contributed by atoms with van der Waals surface area (Å²) >= 11 is 0. The molecule has 0 aliphatic heterocycles. The number of imidazole rings is 1. The van der Waals surface area contributed by atoms with Gasteiger partial charge in [0.15, 0.2) is 0 Å². The molecule has 1 atom stereocenters. The van der Waals surface area contributed by atoms with Crippen LogP contribution in [-0.4, -0.2) is 21.0 Å². The molecule has 0 saturated carbocycles. The van der Waals surface area contributed by atoms with Gasteiger partial charge in [0.1, 0.15) is 17.7 Å². The molecule has 118 valence electrons. The maximum atomic E-state index is 12.9. The van der Waals surface area contributed by atoms with Crippen LogP contribution in [0, 0.1) is 5.82 Å². The van der Waals surface area contributed by atoms with Gasteiger partial charge >= 0.3 is 0 Å². The van der Waals surface area contributed by atoms with Gasteiger partial charge in [-0.05, 0) is 42.8 Å². The lowest BCUT2D eigenvalue weighted by molar-refractivity contribution is -0.115. The van der Waals surface area contributed by atoms with Crippen LogP contribution in [0.2, 0.25) is 0 Å². The fourth-order valence-electron chi connectivity index (χ4n) is 2.30. The number of amides is 1. The van der Waals surface area contributed by atoms with Gasteiger partial charge in [-0.2, -0.15) is 0 Å². The maximum absolute atomic E-state index is 12.9. The lowest BCUT2D eigenvalue weighted by atomic mass is 10.1. The van der Waals surface area contributed by atoms with Crippen LogP contribution in [0.15, 0.2) is 42.5 Å². The highest BCUT2D eigenvalue weighted by atomic mass is 19.1. The van der Waals surface area contributed by atoms with Gasteiger partial charge in [0.25, 0.3) is 0 Å². The molecule has 5 nitrogen and oxygen atoms in total. The van der Waals surface area contributed by atoms with Crippen molar-refractivity contribution >= 4 is 22.6 Å². The van der Waals surface area contributed by atoms with E-state index in [-0.39, 0.29) is 18.1 Å². The van der Waals surface area contributed by atoms with E-state index < -0.39 is 6.10 Å². The van der Waals surface area contributed by atoms with E-state index in [2.05, 4.69) is 15.3 Å². The summed E-state index contributed by atoms with van der Waals surface area (Å²) in [7, 11) is 0. The standard InChI is InChI=1S/C17H16FN3O2/c1-10(22)17-20-14-7-6-13(9-15(14)21-17)19-16(23)8-11-2-4-12(18)5-3-11/h2-7,9-10,22H,8H2,1H3,(H,19,23)(H,20,21). The van der Waals surface area contributed by atoms with Gasteiger partial charge in [-0.15, -0.1) is 0 Å². The Labute approximate surface area is 132 Å². The smallest absolute Gasteiger partial charge is 0.228 e. The highest BCUT2D eigenvalue weighted by molar-refractivity contribution is 5.94. The molecule has 1 aromatic heterocycles. The minimum Gasteiger partial charge on any atom is -0.385 e. The molecule has 6 heteroatoms. The van der Waals surface area contributed by atoms with Crippen LogP contribution in [-0.2, 0) is 11.2 Å². The zero-order chi connectivity index (χ0) is 16.4. The number of hydrogen-bond acceptors (Lipinski definition) is 3. The predicted molar refractivity (Wildman–Crippen MR) is 85.5 cm³/mol. The van der Waals surface area contributed by atoms with Crippen LogP contribution in [0.4, 0.5) is 10.1 Å². The van der Waals surface area contributed by atoms with E-state index in [1.165, 1.54) is 12.1 Å². The number of aromatic nitrogens is 2. The average Bonchev–Trinajstić information content (AvgIpc) is 2.93. The lowest BCUT2D eigenvalue weighted by Gasteiger charge is -2.05. The second-order valence-corrected chi connectivity index (χ2v) is 5.38. The van der Waals surface area contributed by atoms with E-state index in [1.807, 2.05) is 0 Å². The summed E-state index contributed by atoms with van der Waals surface area (Å²) in [6, 6.07) is 11.1. The molecule has 1 unspecified atom stereocenters. The van der Waals surface area contributed by atoms with Gasteiger partial charge in [-0.25, -0.2) is 9.37 Å². The van der Waals surface area contributed by atoms with Gasteiger partial charge in [-0.3, -0.25) is 4.79 Å². The minimum absolute atomic E-state index is 0.167. The number of benzene rings is 2. The number of hydrogen-bond donors (Lipinski definition) is 3. The summed E-state index contributed by atoms with van der Waals surface area (Å²) in [6.07, 6.45) is -0.515. The number of nitrogens with zero attached hydrogens (tertiary/aromatic N) is 1. The Balaban J connectivity index is 1.72. The Morgan fingerprint density at radius 2 is 2.04 bits per heavy atom. The Bertz CT molecular complexity index is 841. The maximum Gasteiger partial charge on any atom is 0.228 e. The van der Waals surface area contributed by atoms with E-state index in [9.17, 15) is 14.3 Å². The number of carbonyl (C=O) groups excluding carboxylic acids is 1. The molecule has 0 spiro atoms. The SMILES string of the molecule is CC(O)c1nc2ccc(NC(=O)Cc3ccc(F)cc3)cc2[nH]1. The van der Waals surface area contributed by atoms with Crippen molar-refractivity contribution in [1.82, 2.24) is 9.97 Å². The third kappa shape index (κ3) is 3.54. The first-order valence-corrected chi connectivity index (χ1v) is 7.23. The van der Waals surface area contributed by atoms with Crippen molar-refractivity contribution < 1.29 is 14.3 Å². The summed E-state index contributed by atoms with van der Waals surface area (Å²) in [6.45, 7) is 1.63. The number of halogens is 1. The molecule has 1 heterocycles. The number of rotatable bonds is 4.